The fourth-order valence-electron chi connectivity index (χ4n) is 6.82. The second-order valence-electron chi connectivity index (χ2n) is 12.2. The molecule has 2 saturated carbocycles. The van der Waals surface area contributed by atoms with E-state index < -0.39 is 7.92 Å². The van der Waals surface area contributed by atoms with Crippen LogP contribution in [0.1, 0.15) is 140 Å². The van der Waals surface area contributed by atoms with E-state index in [9.17, 15) is 0 Å². The molecule has 2 aromatic carbocycles. The van der Waals surface area contributed by atoms with Crippen LogP contribution >= 0.6 is 17.1 Å². The van der Waals surface area contributed by atoms with Gasteiger partial charge >= 0.3 is 29.2 Å². The van der Waals surface area contributed by atoms with Crippen molar-refractivity contribution in [2.24, 2.45) is 0 Å². The van der Waals surface area contributed by atoms with E-state index in [1.807, 2.05) is 0 Å². The normalized spacial score (nSPS) is 17.7. The van der Waals surface area contributed by atoms with Crippen LogP contribution in [0.5, 0.6) is 0 Å². The van der Waals surface area contributed by atoms with Crippen molar-refractivity contribution in [1.82, 2.24) is 0 Å². The summed E-state index contributed by atoms with van der Waals surface area (Å²) in [5, 5.41) is 1.78. The van der Waals surface area contributed by atoms with Gasteiger partial charge in [-0.25, -0.2) is 0 Å². The zero-order valence-corrected chi connectivity index (χ0v) is 27.5. The van der Waals surface area contributed by atoms with Crippen molar-refractivity contribution in [2.75, 3.05) is 0 Å². The molecular weight excluding hydrogens is 660 g/mol. The van der Waals surface area contributed by atoms with Gasteiger partial charge in [0, 0.05) is 13.5 Å². The molecule has 2 fully saturated rings. The Labute approximate surface area is 240 Å². The van der Waals surface area contributed by atoms with Gasteiger partial charge in [0.15, 0.2) is 0 Å². The molecule has 3 heteroatoms. The molecule has 0 aliphatic heterocycles. The Morgan fingerprint density at radius 2 is 1.11 bits per heavy atom. The van der Waals surface area contributed by atoms with Crippen molar-refractivity contribution < 1.29 is 20.0 Å². The number of hydrogen-bond acceptors (Lipinski definition) is 0. The first-order valence-corrected chi connectivity index (χ1v) is 19.0. The molecule has 0 atom stereocenters. The minimum absolute atomic E-state index is 0.541. The number of halogens is 1. The van der Waals surface area contributed by atoms with Crippen molar-refractivity contribution >= 4 is 22.4 Å². The number of hydrogen-bond donors (Lipinski definition) is 0. The Balaban J connectivity index is 0.00000176. The second-order valence-corrected chi connectivity index (χ2v) is 15.3. The summed E-state index contributed by atoms with van der Waals surface area (Å²) >= 11 is 1.75. The van der Waals surface area contributed by atoms with Crippen LogP contribution in [0, 0.1) is 0 Å². The molecule has 0 nitrogen and oxygen atoms in total. The van der Waals surface area contributed by atoms with E-state index >= 15 is 0 Å². The molecule has 2 aliphatic carbocycles. The summed E-state index contributed by atoms with van der Waals surface area (Å²) in [5.41, 5.74) is 9.82. The molecular formula is C33H50AuClP+. The van der Waals surface area contributed by atoms with Gasteiger partial charge in [-0.1, -0.05) is 84.7 Å². The summed E-state index contributed by atoms with van der Waals surface area (Å²) < 4.78 is 0. The van der Waals surface area contributed by atoms with Crippen molar-refractivity contribution in [3.8, 4) is 11.1 Å². The zero-order chi connectivity index (χ0) is 26.2. The minimum atomic E-state index is -0.610. The average Bonchev–Trinajstić information content (AvgIpc) is 2.90. The van der Waals surface area contributed by atoms with Crippen LogP contribution in [0.2, 0.25) is 0 Å². The molecule has 0 spiro atoms. The third kappa shape index (κ3) is 7.30. The maximum atomic E-state index is 4.58. The Hall–Kier alpha value is -0.0997. The molecule has 0 N–H and O–H groups in total. The van der Waals surface area contributed by atoms with Crippen LogP contribution in [0.4, 0.5) is 0 Å². The van der Waals surface area contributed by atoms with Crippen molar-refractivity contribution in [2.45, 2.75) is 135 Å². The molecule has 0 radical (unpaired) electrons. The van der Waals surface area contributed by atoms with Gasteiger partial charge in [0.2, 0.25) is 0 Å². The molecule has 0 saturated heterocycles. The van der Waals surface area contributed by atoms with E-state index in [1.165, 1.54) is 69.8 Å². The summed E-state index contributed by atoms with van der Waals surface area (Å²) in [7, 11) is 3.97. The van der Waals surface area contributed by atoms with E-state index in [1.54, 1.807) is 47.5 Å². The van der Waals surface area contributed by atoms with Crippen LogP contribution in [-0.2, 0) is 20.0 Å². The Kier molecular flexibility index (Phi) is 12.6. The standard InChI is InChI=1S/C33H49P.Au.ClH/c1-23(2)26-21-30(24(3)4)33(31(22-26)25(5)6)29-19-13-14-20-32(29)34(27-15-9-7-10-16-27)28-17-11-8-12-18-28;;/h13-14,19-25,27-28H,7-12,15-18H2,1-6H3;;1H/q;+1;. The van der Waals surface area contributed by atoms with E-state index in [-0.39, 0.29) is 0 Å². The summed E-state index contributed by atoms with van der Waals surface area (Å²) in [6, 6.07) is 14.9. The van der Waals surface area contributed by atoms with Crippen LogP contribution in [-0.4, -0.2) is 11.3 Å². The predicted octanol–water partition coefficient (Wildman–Crippen LogP) is 10.9. The molecule has 0 bridgehead atoms. The first kappa shape index (κ1) is 30.4. The van der Waals surface area contributed by atoms with Crippen molar-refractivity contribution in [3.05, 3.63) is 53.1 Å². The van der Waals surface area contributed by atoms with Gasteiger partial charge in [-0.2, -0.15) is 0 Å². The molecule has 2 aliphatic rings. The average molecular weight is 710 g/mol. The summed E-state index contributed by atoms with van der Waals surface area (Å²) in [6.45, 7) is 14.3. The van der Waals surface area contributed by atoms with E-state index in [0.29, 0.717) is 17.8 Å². The van der Waals surface area contributed by atoms with Gasteiger partial charge in [0.25, 0.3) is 0 Å². The van der Waals surface area contributed by atoms with E-state index in [2.05, 4.69) is 87.1 Å². The summed E-state index contributed by atoms with van der Waals surface area (Å²) in [6.07, 6.45) is 14.7. The van der Waals surface area contributed by atoms with Gasteiger partial charge in [-0.3, -0.25) is 0 Å². The van der Waals surface area contributed by atoms with Crippen LogP contribution < -0.4 is 5.30 Å². The van der Waals surface area contributed by atoms with Gasteiger partial charge in [0.05, 0.1) is 16.6 Å². The van der Waals surface area contributed by atoms with E-state index in [4.69, 9.17) is 0 Å². The molecule has 204 valence electrons. The molecule has 0 aromatic heterocycles. The topological polar surface area (TPSA) is 0 Å². The maximum absolute atomic E-state index is 4.58. The molecule has 36 heavy (non-hydrogen) atoms. The first-order valence-electron chi connectivity index (χ1n) is 14.6. The van der Waals surface area contributed by atoms with Gasteiger partial charge in [-0.05, 0) is 97.4 Å². The monoisotopic (exact) mass is 709 g/mol. The predicted molar refractivity (Wildman–Crippen MR) is 162 cm³/mol. The van der Waals surface area contributed by atoms with Crippen LogP contribution in [0.15, 0.2) is 36.4 Å². The quantitative estimate of drug-likeness (QED) is 0.198. The summed E-state index contributed by atoms with van der Waals surface area (Å²) in [5.74, 6) is 1.65. The number of benzene rings is 2. The third-order valence-corrected chi connectivity index (χ3v) is 12.7. The fraction of sp³-hybridized carbons (Fsp3) is 0.636. The Morgan fingerprint density at radius 3 is 1.53 bits per heavy atom. The molecule has 0 unspecified atom stereocenters. The Bertz CT molecular complexity index is 891. The van der Waals surface area contributed by atoms with Crippen LogP contribution in [0.3, 0.4) is 0 Å². The zero-order valence-electron chi connectivity index (χ0n) is 23.6. The van der Waals surface area contributed by atoms with Crippen LogP contribution in [0.25, 0.3) is 11.1 Å². The second kappa shape index (κ2) is 14.9. The molecule has 2 aromatic rings. The Morgan fingerprint density at radius 1 is 0.667 bits per heavy atom. The van der Waals surface area contributed by atoms with Gasteiger partial charge in [0.1, 0.15) is 0 Å². The SMILES string of the molecule is CC(C)c1cc(C(C)C)c(-c2ccccc2[PH+](C2CCCCC2)C2CCCCC2)c(C(C)C)c1.[Cl][Au]. The van der Waals surface area contributed by atoms with Gasteiger partial charge < -0.3 is 0 Å². The van der Waals surface area contributed by atoms with Gasteiger partial charge in [-0.15, -0.1) is 0 Å². The molecule has 4 rings (SSSR count). The molecule has 0 heterocycles. The molecule has 0 amide bonds. The summed E-state index contributed by atoms with van der Waals surface area (Å²) in [4.78, 5) is 0. The fourth-order valence-corrected chi connectivity index (χ4v) is 11.2. The number of rotatable bonds is 7. The first-order chi connectivity index (χ1) is 17.4. The third-order valence-electron chi connectivity index (χ3n) is 8.73. The van der Waals surface area contributed by atoms with E-state index in [0.717, 1.165) is 11.3 Å². The van der Waals surface area contributed by atoms with Crippen molar-refractivity contribution in [3.63, 3.8) is 0 Å². The van der Waals surface area contributed by atoms with Crippen molar-refractivity contribution in [1.29, 1.82) is 0 Å².